The van der Waals surface area contributed by atoms with Crippen molar-refractivity contribution in [3.8, 4) is 0 Å². The summed E-state index contributed by atoms with van der Waals surface area (Å²) in [5, 5.41) is 11.3. The summed E-state index contributed by atoms with van der Waals surface area (Å²) in [6.07, 6.45) is 0.181. The standard InChI is InChI=1S/C4H9N2O/c1-5-3-4(5)6(2)7/h4H,3H2,1-2H3/q-1. The molecule has 1 heterocycles. The summed E-state index contributed by atoms with van der Waals surface area (Å²) < 4.78 is 0. The van der Waals surface area contributed by atoms with Crippen LogP contribution in [0.25, 0.3) is 0 Å². The number of nitrogens with zero attached hydrogens (tertiary/aromatic N) is 2. The molecule has 1 aliphatic rings. The molecular formula is C4H9N2O-. The van der Waals surface area contributed by atoms with Gasteiger partial charge in [0.2, 0.25) is 0 Å². The van der Waals surface area contributed by atoms with Gasteiger partial charge in [-0.2, -0.15) is 0 Å². The Morgan fingerprint density at radius 3 is 2.29 bits per heavy atom. The summed E-state index contributed by atoms with van der Waals surface area (Å²) in [7, 11) is 3.48. The first kappa shape index (κ1) is 5.03. The van der Waals surface area contributed by atoms with E-state index in [1.54, 1.807) is 7.05 Å². The number of hydroxylamine groups is 2. The zero-order valence-electron chi connectivity index (χ0n) is 4.59. The molecule has 2 unspecified atom stereocenters. The summed E-state index contributed by atoms with van der Waals surface area (Å²) in [5.74, 6) is 0. The van der Waals surface area contributed by atoms with Gasteiger partial charge in [0, 0.05) is 6.54 Å². The van der Waals surface area contributed by atoms with Crippen molar-refractivity contribution in [2.24, 2.45) is 0 Å². The largest absolute Gasteiger partial charge is 0.784 e. The fourth-order valence-electron chi connectivity index (χ4n) is 0.603. The van der Waals surface area contributed by atoms with Gasteiger partial charge in [-0.05, 0) is 14.1 Å². The van der Waals surface area contributed by atoms with Crippen molar-refractivity contribution in [1.29, 1.82) is 0 Å². The van der Waals surface area contributed by atoms with Gasteiger partial charge < -0.3 is 10.3 Å². The lowest BCUT2D eigenvalue weighted by atomic mass is 10.8. The van der Waals surface area contributed by atoms with Crippen LogP contribution in [0.3, 0.4) is 0 Å². The molecule has 0 aromatic carbocycles. The SMILES string of the molecule is CN([O-])C1CN1C. The van der Waals surface area contributed by atoms with E-state index in [-0.39, 0.29) is 6.17 Å². The van der Waals surface area contributed by atoms with Crippen molar-refractivity contribution in [3.63, 3.8) is 0 Å². The second-order valence-electron chi connectivity index (χ2n) is 1.97. The average molecular weight is 101 g/mol. The van der Waals surface area contributed by atoms with E-state index in [1.807, 2.05) is 11.9 Å². The van der Waals surface area contributed by atoms with Crippen LogP contribution in [0.15, 0.2) is 0 Å². The summed E-state index contributed by atoms with van der Waals surface area (Å²) in [6, 6.07) is 0. The van der Waals surface area contributed by atoms with E-state index in [0.29, 0.717) is 0 Å². The van der Waals surface area contributed by atoms with Crippen LogP contribution >= 0.6 is 0 Å². The van der Waals surface area contributed by atoms with E-state index in [0.717, 1.165) is 11.6 Å². The number of likely N-dealkylation sites (N-methyl/N-ethyl adjacent to an activating group) is 2. The molecule has 3 nitrogen and oxygen atoms in total. The maximum absolute atomic E-state index is 10.3. The van der Waals surface area contributed by atoms with Crippen LogP contribution in [-0.2, 0) is 0 Å². The minimum Gasteiger partial charge on any atom is -0.784 e. The van der Waals surface area contributed by atoms with Gasteiger partial charge in [0.05, 0.1) is 6.17 Å². The molecule has 0 radical (unpaired) electrons. The van der Waals surface area contributed by atoms with Crippen molar-refractivity contribution in [1.82, 2.24) is 9.96 Å². The van der Waals surface area contributed by atoms with Crippen molar-refractivity contribution >= 4 is 0 Å². The number of hydrogen-bond donors (Lipinski definition) is 0. The Labute approximate surface area is 43.1 Å². The molecule has 7 heavy (non-hydrogen) atoms. The second-order valence-corrected chi connectivity index (χ2v) is 1.97. The molecule has 0 bridgehead atoms. The van der Waals surface area contributed by atoms with Crippen molar-refractivity contribution < 1.29 is 0 Å². The first-order valence-electron chi connectivity index (χ1n) is 2.32. The highest BCUT2D eigenvalue weighted by Crippen LogP contribution is 2.14. The van der Waals surface area contributed by atoms with Gasteiger partial charge in [0.15, 0.2) is 0 Å². The van der Waals surface area contributed by atoms with Gasteiger partial charge in [-0.1, -0.05) is 0 Å². The molecule has 1 fully saturated rings. The van der Waals surface area contributed by atoms with Crippen LogP contribution in [-0.4, -0.2) is 36.8 Å². The molecule has 42 valence electrons. The predicted molar refractivity (Wildman–Crippen MR) is 27.5 cm³/mol. The fraction of sp³-hybridized carbons (Fsp3) is 1.00. The molecule has 1 aliphatic heterocycles. The van der Waals surface area contributed by atoms with Gasteiger partial charge in [0.1, 0.15) is 0 Å². The Bertz CT molecular complexity index is 74.1. The summed E-state index contributed by atoms with van der Waals surface area (Å²) >= 11 is 0. The molecule has 0 aromatic rings. The molecule has 1 rings (SSSR count). The third-order valence-electron chi connectivity index (χ3n) is 1.25. The summed E-state index contributed by atoms with van der Waals surface area (Å²) in [6.45, 7) is 0.931. The monoisotopic (exact) mass is 101 g/mol. The fourth-order valence-corrected chi connectivity index (χ4v) is 0.603. The highest BCUT2D eigenvalue weighted by Gasteiger charge is 2.28. The van der Waals surface area contributed by atoms with Crippen LogP contribution in [0.4, 0.5) is 0 Å². The lowest BCUT2D eigenvalue weighted by Crippen LogP contribution is -2.16. The molecule has 0 aromatic heterocycles. The average Bonchev–Trinajstić information content (AvgIpc) is 2.17. The number of rotatable bonds is 1. The molecule has 1 saturated heterocycles. The normalized spacial score (nSPS) is 39.4. The van der Waals surface area contributed by atoms with Crippen molar-refractivity contribution in [3.05, 3.63) is 5.21 Å². The van der Waals surface area contributed by atoms with Crippen LogP contribution in [0.5, 0.6) is 0 Å². The quantitative estimate of drug-likeness (QED) is 0.335. The summed E-state index contributed by atoms with van der Waals surface area (Å²) in [4.78, 5) is 1.98. The highest BCUT2D eigenvalue weighted by atomic mass is 16.5. The minimum absolute atomic E-state index is 0.181. The third-order valence-corrected chi connectivity index (χ3v) is 1.25. The predicted octanol–water partition coefficient (Wildman–Crippen LogP) is -0.312. The lowest BCUT2D eigenvalue weighted by molar-refractivity contribution is 0.373. The smallest absolute Gasteiger partial charge is 0.0635 e. The maximum atomic E-state index is 10.3. The Hall–Kier alpha value is -0.120. The van der Waals surface area contributed by atoms with Gasteiger partial charge in [-0.15, -0.1) is 0 Å². The Balaban J connectivity index is 2.20. The topological polar surface area (TPSA) is 29.3 Å². The second kappa shape index (κ2) is 1.43. The van der Waals surface area contributed by atoms with Crippen molar-refractivity contribution in [2.75, 3.05) is 20.6 Å². The van der Waals surface area contributed by atoms with Crippen LogP contribution in [0, 0.1) is 5.21 Å². The van der Waals surface area contributed by atoms with E-state index < -0.39 is 0 Å². The molecule has 0 N–H and O–H groups in total. The van der Waals surface area contributed by atoms with Gasteiger partial charge >= 0.3 is 0 Å². The minimum atomic E-state index is 0.181. The van der Waals surface area contributed by atoms with E-state index in [4.69, 9.17) is 0 Å². The molecule has 3 heteroatoms. The maximum Gasteiger partial charge on any atom is 0.0635 e. The summed E-state index contributed by atoms with van der Waals surface area (Å²) in [5.41, 5.74) is 0. The van der Waals surface area contributed by atoms with E-state index in [2.05, 4.69) is 0 Å². The zero-order valence-corrected chi connectivity index (χ0v) is 4.59. The Kier molecular flexibility index (Phi) is 1.03. The van der Waals surface area contributed by atoms with E-state index in [9.17, 15) is 5.21 Å². The molecular weight excluding hydrogens is 92.1 g/mol. The van der Waals surface area contributed by atoms with Gasteiger partial charge in [-0.3, -0.25) is 4.90 Å². The van der Waals surface area contributed by atoms with Crippen LogP contribution in [0.2, 0.25) is 0 Å². The number of hydrogen-bond acceptors (Lipinski definition) is 3. The van der Waals surface area contributed by atoms with E-state index >= 15 is 0 Å². The first-order valence-corrected chi connectivity index (χ1v) is 2.32. The molecule has 2 atom stereocenters. The van der Waals surface area contributed by atoms with Crippen molar-refractivity contribution in [2.45, 2.75) is 6.17 Å². The van der Waals surface area contributed by atoms with Crippen LogP contribution in [0.1, 0.15) is 0 Å². The highest BCUT2D eigenvalue weighted by molar-refractivity contribution is 4.84. The molecule has 0 spiro atoms. The third kappa shape index (κ3) is 0.907. The Morgan fingerprint density at radius 2 is 2.29 bits per heavy atom. The van der Waals surface area contributed by atoms with Gasteiger partial charge in [0.25, 0.3) is 0 Å². The van der Waals surface area contributed by atoms with Gasteiger partial charge in [-0.25, -0.2) is 0 Å². The lowest BCUT2D eigenvalue weighted by Gasteiger charge is -2.20. The van der Waals surface area contributed by atoms with Crippen LogP contribution < -0.4 is 0 Å². The molecule has 0 aliphatic carbocycles. The Morgan fingerprint density at radius 1 is 1.86 bits per heavy atom. The first-order chi connectivity index (χ1) is 3.22. The molecule has 0 saturated carbocycles. The zero-order chi connectivity index (χ0) is 5.44. The molecule has 0 amide bonds. The van der Waals surface area contributed by atoms with E-state index in [1.165, 1.54) is 0 Å².